The predicted molar refractivity (Wildman–Crippen MR) is 48.3 cm³/mol. The van der Waals surface area contributed by atoms with E-state index >= 15 is 0 Å². The van der Waals surface area contributed by atoms with E-state index in [1.807, 2.05) is 0 Å². The van der Waals surface area contributed by atoms with Crippen molar-refractivity contribution in [3.8, 4) is 5.75 Å². The number of halogens is 4. The van der Waals surface area contributed by atoms with Crippen LogP contribution < -0.4 is 4.74 Å². The molecule has 78 valence electrons. The van der Waals surface area contributed by atoms with Crippen molar-refractivity contribution in [2.24, 2.45) is 0 Å². The Bertz CT molecular complexity index is 333. The number of pyridine rings is 1. The van der Waals surface area contributed by atoms with Crippen LogP contribution in [-0.4, -0.2) is 12.1 Å². The first kappa shape index (κ1) is 11.3. The summed E-state index contributed by atoms with van der Waals surface area (Å²) in [6.07, 6.45) is -2.69. The minimum absolute atomic E-state index is 0.0155. The molecule has 1 rings (SSSR count). The van der Waals surface area contributed by atoms with Crippen molar-refractivity contribution < 1.29 is 17.9 Å². The number of hydrogen-bond acceptors (Lipinski definition) is 2. The summed E-state index contributed by atoms with van der Waals surface area (Å²) in [5, 5.41) is 0.0770. The van der Waals surface area contributed by atoms with Crippen molar-refractivity contribution in [2.75, 3.05) is 7.11 Å². The number of methoxy groups -OCH3 is 1. The Kier molecular flexibility index (Phi) is 3.74. The average molecular weight is 270 g/mol. The summed E-state index contributed by atoms with van der Waals surface area (Å²) < 4.78 is 42.4. The zero-order chi connectivity index (χ0) is 10.7. The zero-order valence-corrected chi connectivity index (χ0v) is 8.82. The smallest absolute Gasteiger partial charge is 0.265 e. The highest BCUT2D eigenvalue weighted by molar-refractivity contribution is 9.08. The summed E-state index contributed by atoms with van der Waals surface area (Å²) in [6.45, 7) is 0. The predicted octanol–water partition coefficient (Wildman–Crippen LogP) is 3.06. The number of aromatic nitrogens is 1. The molecular weight excluding hydrogens is 263 g/mol. The molecule has 0 unspecified atom stereocenters. The first-order chi connectivity index (χ1) is 6.60. The highest BCUT2D eigenvalue weighted by atomic mass is 79.9. The van der Waals surface area contributed by atoms with Crippen LogP contribution in [-0.2, 0) is 5.33 Å². The molecule has 0 N–H and O–H groups in total. The van der Waals surface area contributed by atoms with Crippen LogP contribution in [0.5, 0.6) is 5.75 Å². The molecule has 0 saturated heterocycles. The fourth-order valence-corrected chi connectivity index (χ4v) is 1.41. The third kappa shape index (κ3) is 2.17. The molecule has 0 aliphatic heterocycles. The number of nitrogens with zero attached hydrogens (tertiary/aromatic N) is 1. The van der Waals surface area contributed by atoms with Crippen LogP contribution in [0.2, 0.25) is 0 Å². The van der Waals surface area contributed by atoms with E-state index in [1.54, 1.807) is 0 Å². The summed E-state index contributed by atoms with van der Waals surface area (Å²) in [5.41, 5.74) is -0.335. The summed E-state index contributed by atoms with van der Waals surface area (Å²) in [4.78, 5) is 3.37. The lowest BCUT2D eigenvalue weighted by atomic mass is 10.2. The Balaban J connectivity index is 3.25. The van der Waals surface area contributed by atoms with Crippen LogP contribution in [0.15, 0.2) is 6.07 Å². The van der Waals surface area contributed by atoms with E-state index in [1.165, 1.54) is 7.11 Å². The van der Waals surface area contributed by atoms with Gasteiger partial charge in [-0.1, -0.05) is 15.9 Å². The Morgan fingerprint density at radius 2 is 2.21 bits per heavy atom. The van der Waals surface area contributed by atoms with Gasteiger partial charge >= 0.3 is 0 Å². The number of alkyl halides is 3. The number of hydrogen-bond donors (Lipinski definition) is 0. The van der Waals surface area contributed by atoms with E-state index in [9.17, 15) is 13.2 Å². The minimum atomic E-state index is -2.69. The zero-order valence-electron chi connectivity index (χ0n) is 7.23. The monoisotopic (exact) mass is 269 g/mol. The van der Waals surface area contributed by atoms with E-state index in [0.29, 0.717) is 0 Å². The molecule has 1 aromatic heterocycles. The standard InChI is InChI=1S/C8H7BrF3NO/c1-14-6-2-4(7(10)11)5(3-9)13-8(6)12/h2,7H,3H2,1H3. The van der Waals surface area contributed by atoms with Crippen molar-refractivity contribution in [3.05, 3.63) is 23.3 Å². The molecule has 0 saturated carbocycles. The minimum Gasteiger partial charge on any atom is -0.492 e. The lowest BCUT2D eigenvalue weighted by Gasteiger charge is -2.08. The maximum absolute atomic E-state index is 13.0. The van der Waals surface area contributed by atoms with Gasteiger partial charge in [0, 0.05) is 10.9 Å². The van der Waals surface area contributed by atoms with Crippen LogP contribution in [0.3, 0.4) is 0 Å². The first-order valence-corrected chi connectivity index (χ1v) is 4.79. The molecule has 1 heterocycles. The van der Waals surface area contributed by atoms with Crippen LogP contribution in [0.25, 0.3) is 0 Å². The fourth-order valence-electron chi connectivity index (χ4n) is 0.961. The van der Waals surface area contributed by atoms with Gasteiger partial charge in [-0.2, -0.15) is 4.39 Å². The first-order valence-electron chi connectivity index (χ1n) is 3.67. The average Bonchev–Trinajstić information content (AvgIpc) is 2.16. The van der Waals surface area contributed by atoms with Crippen molar-refractivity contribution in [2.45, 2.75) is 11.8 Å². The Morgan fingerprint density at radius 1 is 1.57 bits per heavy atom. The largest absolute Gasteiger partial charge is 0.492 e. The van der Waals surface area contributed by atoms with E-state index in [2.05, 4.69) is 25.7 Å². The van der Waals surface area contributed by atoms with E-state index < -0.39 is 12.4 Å². The quantitative estimate of drug-likeness (QED) is 0.622. The van der Waals surface area contributed by atoms with Crippen molar-refractivity contribution in [1.82, 2.24) is 4.98 Å². The maximum atomic E-state index is 13.0. The topological polar surface area (TPSA) is 22.1 Å². The molecule has 0 bridgehead atoms. The molecular formula is C8H7BrF3NO. The third-order valence-electron chi connectivity index (χ3n) is 1.64. The molecule has 1 aromatic rings. The van der Waals surface area contributed by atoms with Gasteiger partial charge in [-0.25, -0.2) is 13.8 Å². The normalized spacial score (nSPS) is 10.7. The van der Waals surface area contributed by atoms with E-state index in [4.69, 9.17) is 0 Å². The lowest BCUT2D eigenvalue weighted by Crippen LogP contribution is -2.01. The van der Waals surface area contributed by atoms with Crippen molar-refractivity contribution >= 4 is 15.9 Å². The van der Waals surface area contributed by atoms with Crippen LogP contribution in [0.1, 0.15) is 17.7 Å². The molecule has 0 fully saturated rings. The number of ether oxygens (including phenoxy) is 1. The molecule has 0 aliphatic rings. The second kappa shape index (κ2) is 4.63. The highest BCUT2D eigenvalue weighted by Crippen LogP contribution is 2.28. The molecule has 0 aliphatic carbocycles. The van der Waals surface area contributed by atoms with Gasteiger partial charge in [-0.05, 0) is 6.07 Å². The van der Waals surface area contributed by atoms with Gasteiger partial charge in [-0.15, -0.1) is 0 Å². The van der Waals surface area contributed by atoms with Crippen LogP contribution >= 0.6 is 15.9 Å². The van der Waals surface area contributed by atoms with E-state index in [-0.39, 0.29) is 22.3 Å². The second-order valence-electron chi connectivity index (χ2n) is 2.45. The lowest BCUT2D eigenvalue weighted by molar-refractivity contribution is 0.149. The molecule has 0 amide bonds. The third-order valence-corrected chi connectivity index (χ3v) is 2.17. The second-order valence-corrected chi connectivity index (χ2v) is 3.01. The summed E-state index contributed by atoms with van der Waals surface area (Å²) >= 11 is 2.95. The number of rotatable bonds is 3. The summed E-state index contributed by atoms with van der Waals surface area (Å²) in [5.74, 6) is -1.16. The van der Waals surface area contributed by atoms with Crippen LogP contribution in [0.4, 0.5) is 13.2 Å². The molecule has 0 radical (unpaired) electrons. The van der Waals surface area contributed by atoms with Gasteiger partial charge in [0.05, 0.1) is 12.8 Å². The Labute approximate surface area is 87.2 Å². The summed E-state index contributed by atoms with van der Waals surface area (Å²) in [7, 11) is 1.20. The molecule has 6 heteroatoms. The molecule has 0 atom stereocenters. The van der Waals surface area contributed by atoms with Gasteiger partial charge in [-0.3, -0.25) is 0 Å². The summed E-state index contributed by atoms with van der Waals surface area (Å²) in [6, 6.07) is 0.962. The van der Waals surface area contributed by atoms with Gasteiger partial charge in [0.1, 0.15) is 0 Å². The molecule has 2 nitrogen and oxygen atoms in total. The van der Waals surface area contributed by atoms with Gasteiger partial charge in [0.25, 0.3) is 12.4 Å². The van der Waals surface area contributed by atoms with E-state index in [0.717, 1.165) is 6.07 Å². The molecule has 0 spiro atoms. The van der Waals surface area contributed by atoms with Crippen molar-refractivity contribution in [3.63, 3.8) is 0 Å². The van der Waals surface area contributed by atoms with Gasteiger partial charge in [0.15, 0.2) is 5.75 Å². The Morgan fingerprint density at radius 3 is 2.64 bits per heavy atom. The van der Waals surface area contributed by atoms with Crippen molar-refractivity contribution in [1.29, 1.82) is 0 Å². The Hall–Kier alpha value is -0.780. The molecule has 14 heavy (non-hydrogen) atoms. The SMILES string of the molecule is COc1cc(C(F)F)c(CBr)nc1F. The van der Waals surface area contributed by atoms with Gasteiger partial charge < -0.3 is 4.74 Å². The fraction of sp³-hybridized carbons (Fsp3) is 0.375. The van der Waals surface area contributed by atoms with Gasteiger partial charge in [0.2, 0.25) is 0 Å². The molecule has 0 aromatic carbocycles. The van der Waals surface area contributed by atoms with Crippen LogP contribution in [0, 0.1) is 5.95 Å². The maximum Gasteiger partial charge on any atom is 0.265 e. The highest BCUT2D eigenvalue weighted by Gasteiger charge is 2.18.